The highest BCUT2D eigenvalue weighted by molar-refractivity contribution is 7.90. The lowest BCUT2D eigenvalue weighted by atomic mass is 10.1. The zero-order chi connectivity index (χ0) is 22.7. The molecule has 7 heteroatoms. The van der Waals surface area contributed by atoms with Crippen molar-refractivity contribution in [2.45, 2.75) is 111 Å². The lowest BCUT2D eigenvalue weighted by Gasteiger charge is -2.23. The zero-order valence-corrected chi connectivity index (χ0v) is 23.6. The largest absolute Gasteiger partial charge is 1.00 e. The number of carbonyl (C=O) groups excluding carboxylic acids is 1. The lowest BCUT2D eigenvalue weighted by Crippen LogP contribution is -3.00. The molecule has 0 aromatic heterocycles. The van der Waals surface area contributed by atoms with Crippen molar-refractivity contribution < 1.29 is 41.7 Å². The first-order chi connectivity index (χ1) is 14.2. The van der Waals surface area contributed by atoms with Crippen molar-refractivity contribution in [3.05, 3.63) is 12.2 Å². The van der Waals surface area contributed by atoms with E-state index in [1.807, 2.05) is 21.1 Å². The van der Waals surface area contributed by atoms with Gasteiger partial charge in [0.25, 0.3) is 0 Å². The third kappa shape index (κ3) is 27.9. The van der Waals surface area contributed by atoms with Gasteiger partial charge in [0.2, 0.25) is 15.9 Å². The van der Waals surface area contributed by atoms with Crippen molar-refractivity contribution in [1.82, 2.24) is 4.72 Å². The third-order valence-corrected chi connectivity index (χ3v) is 6.54. The Morgan fingerprint density at radius 1 is 0.781 bits per heavy atom. The van der Waals surface area contributed by atoms with Crippen molar-refractivity contribution in [2.24, 2.45) is 0 Å². The van der Waals surface area contributed by atoms with Gasteiger partial charge in [-0.3, -0.25) is 9.52 Å². The molecule has 0 atom stereocenters. The number of nitrogens with one attached hydrogen (secondary N) is 1. The van der Waals surface area contributed by atoms with Gasteiger partial charge in [0, 0.05) is 12.8 Å². The van der Waals surface area contributed by atoms with Crippen LogP contribution in [0.1, 0.15) is 111 Å². The molecule has 32 heavy (non-hydrogen) atoms. The topological polar surface area (TPSA) is 63.2 Å². The first kappa shape index (κ1) is 36.4. The fourth-order valence-electron chi connectivity index (χ4n) is 3.36. The number of allylic oxidation sites excluding steroid dienone is 2. The number of hydrogen-bond donors (Lipinski definition) is 1. The summed E-state index contributed by atoms with van der Waals surface area (Å²) >= 11 is 0. The molecule has 0 aliphatic heterocycles. The second kappa shape index (κ2) is 22.6. The van der Waals surface area contributed by atoms with Gasteiger partial charge < -0.3 is 28.5 Å². The Morgan fingerprint density at radius 3 is 1.75 bits per heavy atom. The highest BCUT2D eigenvalue weighted by atomic mass is 127. The summed E-state index contributed by atoms with van der Waals surface area (Å²) in [5.74, 6) is -0.349. The first-order valence-electron chi connectivity index (χ1n) is 12.1. The van der Waals surface area contributed by atoms with Gasteiger partial charge in [0.1, 0.15) is 0 Å². The molecule has 0 saturated heterocycles. The molecule has 1 amide bonds. The summed E-state index contributed by atoms with van der Waals surface area (Å²) in [6, 6.07) is 0. The molecule has 0 radical (unpaired) electrons. The van der Waals surface area contributed by atoms with Gasteiger partial charge in [-0.15, -0.1) is 0 Å². The van der Waals surface area contributed by atoms with Crippen LogP contribution in [0, 0.1) is 0 Å². The molecular weight excluding hydrogens is 535 g/mol. The predicted octanol–water partition coefficient (Wildman–Crippen LogP) is 3.21. The minimum Gasteiger partial charge on any atom is -1.00 e. The number of carbonyl (C=O) groups is 1. The number of amides is 1. The van der Waals surface area contributed by atoms with Crippen molar-refractivity contribution in [2.75, 3.05) is 33.4 Å². The van der Waals surface area contributed by atoms with Crippen LogP contribution in [0.3, 0.4) is 0 Å². The van der Waals surface area contributed by atoms with E-state index < -0.39 is 10.0 Å². The van der Waals surface area contributed by atoms with E-state index in [1.54, 1.807) is 0 Å². The zero-order valence-electron chi connectivity index (χ0n) is 20.6. The highest BCUT2D eigenvalue weighted by Gasteiger charge is 2.16. The molecule has 0 fully saturated rings. The van der Waals surface area contributed by atoms with Crippen LogP contribution in [0.15, 0.2) is 12.2 Å². The molecule has 0 rings (SSSR count). The molecule has 194 valence electrons. The van der Waals surface area contributed by atoms with Gasteiger partial charge in [-0.05, 0) is 32.1 Å². The maximum Gasteiger partial charge on any atom is 0.235 e. The van der Waals surface area contributed by atoms with Gasteiger partial charge in [-0.1, -0.05) is 77.9 Å². The Balaban J connectivity index is -0.00000420. The fraction of sp³-hybridized carbons (Fsp3) is 0.880. The van der Waals surface area contributed by atoms with Crippen LogP contribution in [0.25, 0.3) is 0 Å². The Labute approximate surface area is 217 Å². The summed E-state index contributed by atoms with van der Waals surface area (Å²) in [6.45, 7) is 3.02. The van der Waals surface area contributed by atoms with Crippen LogP contribution in [-0.2, 0) is 14.8 Å². The quantitative estimate of drug-likeness (QED) is 0.103. The molecule has 0 unspecified atom stereocenters. The standard InChI is InChI=1S/C24H48N2O3S.CH4.HI/c1-5-6-7-8-9-10-11-12-13-14-15-16-17-18-19-21-24(27)25-30(28,29)23-20-22-26(2,3)4;;/h12-13H,5-11,14-23H2,1-4H3;1H4;1H/b13-12-;;. The van der Waals surface area contributed by atoms with Crippen molar-refractivity contribution in [3.63, 3.8) is 0 Å². The molecule has 0 aromatic carbocycles. The fourth-order valence-corrected chi connectivity index (χ4v) is 4.42. The van der Waals surface area contributed by atoms with Gasteiger partial charge in [0.05, 0.1) is 33.4 Å². The van der Waals surface area contributed by atoms with Crippen LogP contribution in [0.2, 0.25) is 0 Å². The molecule has 0 heterocycles. The minimum atomic E-state index is -3.49. The molecule has 0 aliphatic carbocycles. The lowest BCUT2D eigenvalue weighted by molar-refractivity contribution is -0.870. The SMILES string of the molecule is C.CCCCCCCC/C=C\CCCCCCCC(=O)NS(=O)(=O)CCC[N+](C)(C)C.[I-]. The molecule has 0 aliphatic rings. The summed E-state index contributed by atoms with van der Waals surface area (Å²) in [5.41, 5.74) is 0. The number of unbranched alkanes of at least 4 members (excludes halogenated alkanes) is 11. The van der Waals surface area contributed by atoms with Crippen LogP contribution in [-0.4, -0.2) is 52.2 Å². The molecular formula is C25H53IN2O3S. The van der Waals surface area contributed by atoms with Gasteiger partial charge in [-0.2, -0.15) is 0 Å². The van der Waals surface area contributed by atoms with Gasteiger partial charge >= 0.3 is 0 Å². The average molecular weight is 589 g/mol. The van der Waals surface area contributed by atoms with E-state index in [9.17, 15) is 13.2 Å². The van der Waals surface area contributed by atoms with Crippen LogP contribution in [0.4, 0.5) is 0 Å². The summed E-state index contributed by atoms with van der Waals surface area (Å²) in [5, 5.41) is 0. The van der Waals surface area contributed by atoms with E-state index in [4.69, 9.17) is 0 Å². The minimum absolute atomic E-state index is 0. The smallest absolute Gasteiger partial charge is 0.235 e. The van der Waals surface area contributed by atoms with E-state index in [1.165, 1.54) is 57.8 Å². The van der Waals surface area contributed by atoms with Gasteiger partial charge in [0.15, 0.2) is 0 Å². The van der Waals surface area contributed by atoms with E-state index in [-0.39, 0.29) is 43.1 Å². The number of hydrogen-bond acceptors (Lipinski definition) is 3. The first-order valence-corrected chi connectivity index (χ1v) is 13.8. The van der Waals surface area contributed by atoms with E-state index >= 15 is 0 Å². The monoisotopic (exact) mass is 588 g/mol. The normalized spacial score (nSPS) is 11.8. The summed E-state index contributed by atoms with van der Waals surface area (Å²) in [7, 11) is 2.59. The van der Waals surface area contributed by atoms with Gasteiger partial charge in [-0.25, -0.2) is 8.42 Å². The summed E-state index contributed by atoms with van der Waals surface area (Å²) in [4.78, 5) is 11.8. The highest BCUT2D eigenvalue weighted by Crippen LogP contribution is 2.10. The second-order valence-electron chi connectivity index (χ2n) is 9.55. The summed E-state index contributed by atoms with van der Waals surface area (Å²) in [6.07, 6.45) is 21.2. The second-order valence-corrected chi connectivity index (χ2v) is 11.4. The Hall–Kier alpha value is -0.150. The van der Waals surface area contributed by atoms with Crippen LogP contribution >= 0.6 is 0 Å². The molecule has 5 nitrogen and oxygen atoms in total. The van der Waals surface area contributed by atoms with Crippen LogP contribution < -0.4 is 28.7 Å². The maximum atomic E-state index is 11.9. The Bertz CT molecular complexity index is 558. The number of halogens is 1. The number of nitrogens with zero attached hydrogens (tertiary/aromatic N) is 1. The maximum absolute atomic E-state index is 11.9. The number of rotatable bonds is 20. The van der Waals surface area contributed by atoms with Crippen molar-refractivity contribution >= 4 is 15.9 Å². The van der Waals surface area contributed by atoms with E-state index in [2.05, 4.69) is 23.8 Å². The molecule has 1 N–H and O–H groups in total. The Kier molecular flexibility index (Phi) is 25.8. The van der Waals surface area contributed by atoms with Crippen molar-refractivity contribution in [3.8, 4) is 0 Å². The van der Waals surface area contributed by atoms with E-state index in [0.29, 0.717) is 12.8 Å². The Morgan fingerprint density at radius 2 is 1.25 bits per heavy atom. The average Bonchev–Trinajstić information content (AvgIpc) is 2.63. The predicted molar refractivity (Wildman–Crippen MR) is 136 cm³/mol. The molecule has 0 saturated carbocycles. The van der Waals surface area contributed by atoms with Crippen molar-refractivity contribution in [1.29, 1.82) is 0 Å². The summed E-state index contributed by atoms with van der Waals surface area (Å²) < 4.78 is 26.8. The number of sulfonamides is 1. The molecule has 0 aromatic rings. The molecule has 0 spiro atoms. The number of quaternary nitrogens is 1. The molecule has 0 bridgehead atoms. The third-order valence-electron chi connectivity index (χ3n) is 5.18. The van der Waals surface area contributed by atoms with E-state index in [0.717, 1.165) is 36.7 Å². The van der Waals surface area contributed by atoms with Crippen LogP contribution in [0.5, 0.6) is 0 Å².